The molecule has 0 aliphatic rings. The molecule has 1 amide bonds. The lowest BCUT2D eigenvalue weighted by Gasteiger charge is -2.21. The predicted molar refractivity (Wildman–Crippen MR) is 63.5 cm³/mol. The fourth-order valence-electron chi connectivity index (χ4n) is 1.31. The number of benzene rings is 1. The van der Waals surface area contributed by atoms with Crippen LogP contribution in [0.3, 0.4) is 0 Å². The molecule has 0 aliphatic heterocycles. The lowest BCUT2D eigenvalue weighted by atomic mass is 10.0. The summed E-state index contributed by atoms with van der Waals surface area (Å²) in [5.41, 5.74) is 5.27. The van der Waals surface area contributed by atoms with Gasteiger partial charge >= 0.3 is 5.97 Å². The Labute approximate surface area is 99.6 Å². The number of primary amides is 1. The standard InChI is InChI=1S/C12H16N2O3/c1-12(2,11(16)17)14-7-8-5-3-4-6-9(8)10(13)15/h3-6,14H,7H2,1-2H3,(H2,13,15)(H,16,17). The van der Waals surface area contributed by atoms with Gasteiger partial charge in [0.15, 0.2) is 0 Å². The van der Waals surface area contributed by atoms with Crippen LogP contribution in [0, 0.1) is 0 Å². The van der Waals surface area contributed by atoms with Crippen molar-refractivity contribution in [2.24, 2.45) is 5.73 Å². The van der Waals surface area contributed by atoms with Crippen LogP contribution in [0.4, 0.5) is 0 Å². The molecule has 0 saturated carbocycles. The minimum absolute atomic E-state index is 0.276. The average Bonchev–Trinajstić information content (AvgIpc) is 2.26. The summed E-state index contributed by atoms with van der Waals surface area (Å²) in [5.74, 6) is -1.47. The maximum absolute atomic E-state index is 11.2. The van der Waals surface area contributed by atoms with E-state index in [1.165, 1.54) is 0 Å². The van der Waals surface area contributed by atoms with Gasteiger partial charge in [-0.05, 0) is 25.5 Å². The first-order valence-electron chi connectivity index (χ1n) is 5.20. The van der Waals surface area contributed by atoms with Crippen LogP contribution in [0.2, 0.25) is 0 Å². The van der Waals surface area contributed by atoms with Crippen molar-refractivity contribution in [1.29, 1.82) is 0 Å². The van der Waals surface area contributed by atoms with Crippen LogP contribution in [0.5, 0.6) is 0 Å². The molecule has 5 nitrogen and oxygen atoms in total. The Balaban J connectivity index is 2.83. The minimum atomic E-state index is -1.05. The summed E-state index contributed by atoms with van der Waals surface area (Å²) >= 11 is 0. The predicted octanol–water partition coefficient (Wildman–Crippen LogP) is 0.738. The highest BCUT2D eigenvalue weighted by Crippen LogP contribution is 2.10. The molecule has 0 unspecified atom stereocenters. The summed E-state index contributed by atoms with van der Waals surface area (Å²) in [4.78, 5) is 22.1. The molecule has 17 heavy (non-hydrogen) atoms. The minimum Gasteiger partial charge on any atom is -0.480 e. The number of carboxylic acids is 1. The smallest absolute Gasteiger partial charge is 0.323 e. The van der Waals surface area contributed by atoms with E-state index in [9.17, 15) is 9.59 Å². The molecular formula is C12H16N2O3. The number of hydrogen-bond donors (Lipinski definition) is 3. The highest BCUT2D eigenvalue weighted by molar-refractivity contribution is 5.94. The van der Waals surface area contributed by atoms with Gasteiger partial charge in [0, 0.05) is 12.1 Å². The van der Waals surface area contributed by atoms with E-state index in [1.807, 2.05) is 0 Å². The van der Waals surface area contributed by atoms with Gasteiger partial charge in [-0.25, -0.2) is 0 Å². The summed E-state index contributed by atoms with van der Waals surface area (Å²) in [6, 6.07) is 6.85. The molecule has 1 rings (SSSR count). The van der Waals surface area contributed by atoms with E-state index >= 15 is 0 Å². The van der Waals surface area contributed by atoms with Crippen molar-refractivity contribution in [2.75, 3.05) is 0 Å². The van der Waals surface area contributed by atoms with Crippen LogP contribution in [-0.2, 0) is 11.3 Å². The van der Waals surface area contributed by atoms with Crippen LogP contribution < -0.4 is 11.1 Å². The maximum atomic E-state index is 11.2. The first kappa shape index (κ1) is 13.2. The lowest BCUT2D eigenvalue weighted by Crippen LogP contribution is -2.46. The number of carbonyl (C=O) groups is 2. The van der Waals surface area contributed by atoms with Gasteiger partial charge in [-0.3, -0.25) is 14.9 Å². The molecule has 0 aliphatic carbocycles. The fourth-order valence-corrected chi connectivity index (χ4v) is 1.31. The summed E-state index contributed by atoms with van der Waals surface area (Å²) in [6.07, 6.45) is 0. The highest BCUT2D eigenvalue weighted by atomic mass is 16.4. The molecule has 0 spiro atoms. The van der Waals surface area contributed by atoms with Crippen molar-refractivity contribution in [1.82, 2.24) is 5.32 Å². The molecule has 0 fully saturated rings. The zero-order chi connectivity index (χ0) is 13.1. The van der Waals surface area contributed by atoms with Crippen molar-refractivity contribution < 1.29 is 14.7 Å². The first-order chi connectivity index (χ1) is 7.84. The molecule has 1 aromatic rings. The van der Waals surface area contributed by atoms with Gasteiger partial charge < -0.3 is 10.8 Å². The van der Waals surface area contributed by atoms with Crippen LogP contribution in [0.15, 0.2) is 24.3 Å². The zero-order valence-corrected chi connectivity index (χ0v) is 9.86. The third kappa shape index (κ3) is 3.29. The monoisotopic (exact) mass is 236 g/mol. The molecule has 92 valence electrons. The van der Waals surface area contributed by atoms with E-state index in [-0.39, 0.29) is 6.54 Å². The van der Waals surface area contributed by atoms with Crippen molar-refractivity contribution >= 4 is 11.9 Å². The lowest BCUT2D eigenvalue weighted by molar-refractivity contribution is -0.143. The summed E-state index contributed by atoms with van der Waals surface area (Å²) in [7, 11) is 0. The number of carbonyl (C=O) groups excluding carboxylic acids is 1. The van der Waals surface area contributed by atoms with Gasteiger partial charge in [0.2, 0.25) is 5.91 Å². The largest absolute Gasteiger partial charge is 0.480 e. The van der Waals surface area contributed by atoms with Crippen molar-refractivity contribution in [3.8, 4) is 0 Å². The highest BCUT2D eigenvalue weighted by Gasteiger charge is 2.26. The van der Waals surface area contributed by atoms with E-state index in [2.05, 4.69) is 5.32 Å². The van der Waals surface area contributed by atoms with E-state index < -0.39 is 17.4 Å². The molecule has 0 saturated heterocycles. The maximum Gasteiger partial charge on any atom is 0.323 e. The number of aliphatic carboxylic acids is 1. The summed E-state index contributed by atoms with van der Waals surface area (Å²) in [6.45, 7) is 3.39. The summed E-state index contributed by atoms with van der Waals surface area (Å²) < 4.78 is 0. The molecule has 0 bridgehead atoms. The van der Waals surface area contributed by atoms with Crippen LogP contribution in [-0.4, -0.2) is 22.5 Å². The molecule has 0 atom stereocenters. The Morgan fingerprint density at radius 2 is 1.94 bits per heavy atom. The van der Waals surface area contributed by atoms with Crippen molar-refractivity contribution in [3.05, 3.63) is 35.4 Å². The second-order valence-corrected chi connectivity index (χ2v) is 4.31. The quantitative estimate of drug-likeness (QED) is 0.703. The number of nitrogens with one attached hydrogen (secondary N) is 1. The number of hydrogen-bond acceptors (Lipinski definition) is 3. The summed E-state index contributed by atoms with van der Waals surface area (Å²) in [5, 5.41) is 11.8. The Kier molecular flexibility index (Phi) is 3.85. The molecule has 0 heterocycles. The molecule has 0 aromatic heterocycles. The Morgan fingerprint density at radius 3 is 2.47 bits per heavy atom. The molecule has 5 heteroatoms. The van der Waals surface area contributed by atoms with Crippen molar-refractivity contribution in [3.63, 3.8) is 0 Å². The third-order valence-electron chi connectivity index (χ3n) is 2.54. The second kappa shape index (κ2) is 4.97. The topological polar surface area (TPSA) is 92.4 Å². The Hall–Kier alpha value is -1.88. The van der Waals surface area contributed by atoms with E-state index in [0.29, 0.717) is 11.1 Å². The fraction of sp³-hybridized carbons (Fsp3) is 0.333. The third-order valence-corrected chi connectivity index (χ3v) is 2.54. The van der Waals surface area contributed by atoms with E-state index in [4.69, 9.17) is 10.8 Å². The Bertz CT molecular complexity index is 441. The van der Waals surface area contributed by atoms with Gasteiger partial charge in [0.05, 0.1) is 0 Å². The molecular weight excluding hydrogens is 220 g/mol. The molecule has 0 radical (unpaired) electrons. The Morgan fingerprint density at radius 1 is 1.35 bits per heavy atom. The van der Waals surface area contributed by atoms with Crippen molar-refractivity contribution in [2.45, 2.75) is 25.9 Å². The van der Waals surface area contributed by atoms with Gasteiger partial charge in [0.1, 0.15) is 5.54 Å². The first-order valence-corrected chi connectivity index (χ1v) is 5.20. The van der Waals surface area contributed by atoms with Crippen LogP contribution in [0.25, 0.3) is 0 Å². The van der Waals surface area contributed by atoms with E-state index in [0.717, 1.165) is 0 Å². The zero-order valence-electron chi connectivity index (χ0n) is 9.86. The van der Waals surface area contributed by atoms with Gasteiger partial charge in [-0.15, -0.1) is 0 Å². The molecule has 4 N–H and O–H groups in total. The number of carboxylic acid groups (broad SMARTS) is 1. The van der Waals surface area contributed by atoms with E-state index in [1.54, 1.807) is 38.1 Å². The van der Waals surface area contributed by atoms with Crippen LogP contribution in [0.1, 0.15) is 29.8 Å². The normalized spacial score (nSPS) is 11.2. The number of nitrogens with two attached hydrogens (primary N) is 1. The van der Waals surface area contributed by atoms with Gasteiger partial charge in [-0.2, -0.15) is 0 Å². The molecule has 1 aromatic carbocycles. The average molecular weight is 236 g/mol. The van der Waals surface area contributed by atoms with Gasteiger partial charge in [-0.1, -0.05) is 18.2 Å². The van der Waals surface area contributed by atoms with Gasteiger partial charge in [0.25, 0.3) is 0 Å². The number of rotatable bonds is 5. The number of amides is 1. The second-order valence-electron chi connectivity index (χ2n) is 4.31. The van der Waals surface area contributed by atoms with Crippen LogP contribution >= 0.6 is 0 Å². The SMILES string of the molecule is CC(C)(NCc1ccccc1C(N)=O)C(=O)O.